The summed E-state index contributed by atoms with van der Waals surface area (Å²) in [6.07, 6.45) is 10.2. The fraction of sp³-hybridized carbons (Fsp3) is 0.316. The number of ether oxygens (including phenoxy) is 1. The molecule has 0 atom stereocenters. The maximum absolute atomic E-state index is 5.36. The number of benzene rings is 1. The van der Waals surface area contributed by atoms with Crippen LogP contribution < -0.4 is 15.4 Å². The summed E-state index contributed by atoms with van der Waals surface area (Å²) < 4.78 is 7.49. The summed E-state index contributed by atoms with van der Waals surface area (Å²) in [7, 11) is 1.78. The van der Waals surface area contributed by atoms with Crippen molar-refractivity contribution in [3.8, 4) is 18.1 Å². The van der Waals surface area contributed by atoms with Gasteiger partial charge in [-0.05, 0) is 36.2 Å². The van der Waals surface area contributed by atoms with Gasteiger partial charge in [-0.25, -0.2) is 0 Å². The maximum atomic E-state index is 5.36. The zero-order valence-corrected chi connectivity index (χ0v) is 16.8. The Kier molecular flexibility index (Phi) is 10.2. The van der Waals surface area contributed by atoms with Gasteiger partial charge in [-0.3, -0.25) is 4.99 Å². The van der Waals surface area contributed by atoms with Gasteiger partial charge in [-0.2, -0.15) is 0 Å². The number of hydrogen-bond donors (Lipinski definition) is 2. The van der Waals surface area contributed by atoms with Crippen LogP contribution in [0.4, 0.5) is 0 Å². The lowest BCUT2D eigenvalue weighted by molar-refractivity contribution is 0.370. The van der Waals surface area contributed by atoms with E-state index in [1.807, 2.05) is 24.3 Å². The molecule has 1 heterocycles. The van der Waals surface area contributed by atoms with Crippen LogP contribution in [0.2, 0.25) is 0 Å². The van der Waals surface area contributed by atoms with E-state index >= 15 is 0 Å². The molecule has 1 aromatic carbocycles. The average Bonchev–Trinajstić information content (AvgIpc) is 3.13. The first-order valence-corrected chi connectivity index (χ1v) is 8.02. The van der Waals surface area contributed by atoms with Gasteiger partial charge in [0.1, 0.15) is 12.4 Å². The lowest BCUT2D eigenvalue weighted by Gasteiger charge is -2.12. The summed E-state index contributed by atoms with van der Waals surface area (Å²) >= 11 is 0. The molecule has 2 rings (SSSR count). The Bertz CT molecular complexity index is 660. The minimum atomic E-state index is 0. The van der Waals surface area contributed by atoms with E-state index in [2.05, 4.69) is 50.6 Å². The van der Waals surface area contributed by atoms with Crippen LogP contribution in [-0.4, -0.2) is 37.3 Å². The Morgan fingerprint density at radius 2 is 1.84 bits per heavy atom. The standard InChI is InChI=1S/C19H24N4O.HI/c1-3-16-24-18-8-6-17(7-9-18)10-11-21-19(20-2)22-12-15-23-13-4-5-14-23;/h1,4-9,13-14H,10-12,15-16H2,2H3,(H2,20,21,22);1H. The van der Waals surface area contributed by atoms with Crippen LogP contribution in [-0.2, 0) is 13.0 Å². The number of aromatic nitrogens is 1. The molecule has 2 N–H and O–H groups in total. The van der Waals surface area contributed by atoms with Gasteiger partial charge in [0.25, 0.3) is 0 Å². The summed E-state index contributed by atoms with van der Waals surface area (Å²) in [6, 6.07) is 12.0. The zero-order chi connectivity index (χ0) is 17.0. The van der Waals surface area contributed by atoms with Crippen molar-refractivity contribution in [3.05, 3.63) is 54.4 Å². The number of nitrogens with one attached hydrogen (secondary N) is 2. The van der Waals surface area contributed by atoms with Crippen LogP contribution in [0.1, 0.15) is 5.56 Å². The largest absolute Gasteiger partial charge is 0.481 e. The van der Waals surface area contributed by atoms with E-state index in [0.717, 1.165) is 37.8 Å². The van der Waals surface area contributed by atoms with Crippen molar-refractivity contribution >= 4 is 29.9 Å². The number of guanidine groups is 1. The molecule has 0 unspecified atom stereocenters. The number of halogens is 1. The van der Waals surface area contributed by atoms with Gasteiger partial charge in [0.2, 0.25) is 0 Å². The summed E-state index contributed by atoms with van der Waals surface area (Å²) in [4.78, 5) is 4.23. The van der Waals surface area contributed by atoms with E-state index in [-0.39, 0.29) is 24.0 Å². The number of terminal acetylenes is 1. The Balaban J connectivity index is 0.00000312. The summed E-state index contributed by atoms with van der Waals surface area (Å²) in [5.74, 6) is 4.07. The van der Waals surface area contributed by atoms with Crippen molar-refractivity contribution < 1.29 is 4.74 Å². The van der Waals surface area contributed by atoms with E-state index in [1.54, 1.807) is 7.05 Å². The first-order chi connectivity index (χ1) is 11.8. The van der Waals surface area contributed by atoms with Crippen LogP contribution in [0.3, 0.4) is 0 Å². The second-order valence-electron chi connectivity index (χ2n) is 5.23. The minimum Gasteiger partial charge on any atom is -0.481 e. The average molecular weight is 452 g/mol. The van der Waals surface area contributed by atoms with E-state index in [4.69, 9.17) is 11.2 Å². The van der Waals surface area contributed by atoms with Crippen molar-refractivity contribution in [1.82, 2.24) is 15.2 Å². The Morgan fingerprint density at radius 3 is 2.48 bits per heavy atom. The monoisotopic (exact) mass is 452 g/mol. The molecular weight excluding hydrogens is 427 g/mol. The molecule has 2 aromatic rings. The molecule has 6 heteroatoms. The smallest absolute Gasteiger partial charge is 0.191 e. The van der Waals surface area contributed by atoms with Crippen molar-refractivity contribution in [3.63, 3.8) is 0 Å². The molecular formula is C19H25IN4O. The SMILES string of the molecule is C#CCOc1ccc(CCNC(=NC)NCCn2cccc2)cc1.I. The summed E-state index contributed by atoms with van der Waals surface area (Å²) in [6.45, 7) is 2.85. The Labute approximate surface area is 166 Å². The fourth-order valence-corrected chi connectivity index (χ4v) is 2.25. The first-order valence-electron chi connectivity index (χ1n) is 8.02. The second-order valence-corrected chi connectivity index (χ2v) is 5.23. The van der Waals surface area contributed by atoms with Gasteiger partial charge in [0, 0.05) is 39.1 Å². The molecule has 134 valence electrons. The molecule has 0 aliphatic heterocycles. The molecule has 0 amide bonds. The van der Waals surface area contributed by atoms with Gasteiger partial charge in [0.15, 0.2) is 5.96 Å². The lowest BCUT2D eigenvalue weighted by atomic mass is 10.1. The highest BCUT2D eigenvalue weighted by Crippen LogP contribution is 2.12. The first kappa shape index (κ1) is 20.9. The number of aliphatic imine (C=N–C) groups is 1. The van der Waals surface area contributed by atoms with Crippen LogP contribution >= 0.6 is 24.0 Å². The van der Waals surface area contributed by atoms with Crippen LogP contribution in [0.5, 0.6) is 5.75 Å². The topological polar surface area (TPSA) is 50.6 Å². The van der Waals surface area contributed by atoms with E-state index in [9.17, 15) is 0 Å². The molecule has 0 spiro atoms. The highest BCUT2D eigenvalue weighted by atomic mass is 127. The molecule has 0 saturated heterocycles. The van der Waals surface area contributed by atoms with Gasteiger partial charge in [-0.1, -0.05) is 18.1 Å². The molecule has 5 nitrogen and oxygen atoms in total. The third-order valence-electron chi connectivity index (χ3n) is 3.50. The second kappa shape index (κ2) is 12.3. The molecule has 0 saturated carbocycles. The van der Waals surface area contributed by atoms with E-state index < -0.39 is 0 Å². The van der Waals surface area contributed by atoms with Crippen LogP contribution in [0, 0.1) is 12.3 Å². The predicted molar refractivity (Wildman–Crippen MR) is 114 cm³/mol. The van der Waals surface area contributed by atoms with Crippen molar-refractivity contribution in [2.45, 2.75) is 13.0 Å². The third-order valence-corrected chi connectivity index (χ3v) is 3.50. The van der Waals surface area contributed by atoms with Gasteiger partial charge < -0.3 is 19.9 Å². The minimum absolute atomic E-state index is 0. The third kappa shape index (κ3) is 7.98. The molecule has 0 fully saturated rings. The van der Waals surface area contributed by atoms with E-state index in [1.165, 1.54) is 5.56 Å². The molecule has 0 aliphatic rings. The van der Waals surface area contributed by atoms with E-state index in [0.29, 0.717) is 6.61 Å². The quantitative estimate of drug-likeness (QED) is 0.280. The summed E-state index contributed by atoms with van der Waals surface area (Å²) in [5, 5.41) is 6.62. The van der Waals surface area contributed by atoms with Crippen LogP contribution in [0.15, 0.2) is 53.8 Å². The van der Waals surface area contributed by atoms with Crippen molar-refractivity contribution in [2.24, 2.45) is 4.99 Å². The van der Waals surface area contributed by atoms with Gasteiger partial charge in [0.05, 0.1) is 0 Å². The van der Waals surface area contributed by atoms with Crippen LogP contribution in [0.25, 0.3) is 0 Å². The highest BCUT2D eigenvalue weighted by Gasteiger charge is 1.99. The fourth-order valence-electron chi connectivity index (χ4n) is 2.25. The lowest BCUT2D eigenvalue weighted by Crippen LogP contribution is -2.39. The number of nitrogens with zero attached hydrogens (tertiary/aromatic N) is 2. The maximum Gasteiger partial charge on any atom is 0.191 e. The molecule has 0 aliphatic carbocycles. The molecule has 1 aromatic heterocycles. The molecule has 0 radical (unpaired) electrons. The van der Waals surface area contributed by atoms with Gasteiger partial charge >= 0.3 is 0 Å². The van der Waals surface area contributed by atoms with Gasteiger partial charge in [-0.15, -0.1) is 30.4 Å². The normalized spacial score (nSPS) is 10.5. The molecule has 0 bridgehead atoms. The zero-order valence-electron chi connectivity index (χ0n) is 14.4. The highest BCUT2D eigenvalue weighted by molar-refractivity contribution is 14.0. The Morgan fingerprint density at radius 1 is 1.16 bits per heavy atom. The van der Waals surface area contributed by atoms with Crippen molar-refractivity contribution in [2.75, 3.05) is 26.7 Å². The number of rotatable bonds is 8. The molecule has 25 heavy (non-hydrogen) atoms. The number of hydrogen-bond acceptors (Lipinski definition) is 2. The Hall–Kier alpha value is -2.14. The summed E-state index contributed by atoms with van der Waals surface area (Å²) in [5.41, 5.74) is 1.23. The van der Waals surface area contributed by atoms with Crippen molar-refractivity contribution in [1.29, 1.82) is 0 Å². The predicted octanol–water partition coefficient (Wildman–Crippen LogP) is 2.53.